The van der Waals surface area contributed by atoms with Crippen LogP contribution in [0.3, 0.4) is 0 Å². The number of likely N-dealkylation sites (tertiary alicyclic amines) is 1. The minimum absolute atomic E-state index is 0.0137. The molecule has 1 saturated carbocycles. The summed E-state index contributed by atoms with van der Waals surface area (Å²) in [5, 5.41) is 4.08. The Kier molecular flexibility index (Phi) is 5.75. The lowest BCUT2D eigenvalue weighted by Gasteiger charge is -2.45. The highest BCUT2D eigenvalue weighted by molar-refractivity contribution is 6.31. The fraction of sp³-hybridized carbons (Fsp3) is 0.458. The second kappa shape index (κ2) is 8.26. The van der Waals surface area contributed by atoms with E-state index in [-0.39, 0.29) is 17.5 Å². The summed E-state index contributed by atoms with van der Waals surface area (Å²) in [6.07, 6.45) is 7.25. The van der Waals surface area contributed by atoms with Crippen LogP contribution in [-0.2, 0) is 0 Å². The van der Waals surface area contributed by atoms with E-state index in [1.807, 2.05) is 31.2 Å². The first kappa shape index (κ1) is 19.5. The molecular weight excluding hydrogens is 368 g/mol. The molecule has 2 fully saturated rings. The van der Waals surface area contributed by atoms with Gasteiger partial charge in [0.25, 0.3) is 5.91 Å². The number of benzene rings is 2. The monoisotopic (exact) mass is 396 g/mol. The third-order valence-corrected chi connectivity index (χ3v) is 7.07. The van der Waals surface area contributed by atoms with E-state index in [4.69, 9.17) is 11.6 Å². The Balaban J connectivity index is 1.72. The first-order valence-corrected chi connectivity index (χ1v) is 10.9. The summed E-state index contributed by atoms with van der Waals surface area (Å²) in [5.41, 5.74) is 2.72. The molecule has 2 aromatic carbocycles. The molecule has 3 nitrogen and oxygen atoms in total. The maximum absolute atomic E-state index is 13.3. The van der Waals surface area contributed by atoms with Crippen LogP contribution in [0.15, 0.2) is 48.5 Å². The highest BCUT2D eigenvalue weighted by Gasteiger charge is 2.47. The lowest BCUT2D eigenvalue weighted by molar-refractivity contribution is 0.0642. The minimum Gasteiger partial charge on any atom is -0.343 e. The lowest BCUT2D eigenvalue weighted by Crippen LogP contribution is -2.55. The van der Waals surface area contributed by atoms with Gasteiger partial charge in [0.2, 0.25) is 0 Å². The number of hydrogen-bond donors (Lipinski definition) is 1. The highest BCUT2D eigenvalue weighted by atomic mass is 35.5. The Bertz CT molecular complexity index is 824. The van der Waals surface area contributed by atoms with Gasteiger partial charge in [0.15, 0.2) is 0 Å². The van der Waals surface area contributed by atoms with Gasteiger partial charge in [0.1, 0.15) is 0 Å². The zero-order valence-corrected chi connectivity index (χ0v) is 17.3. The van der Waals surface area contributed by atoms with Crippen molar-refractivity contribution < 1.29 is 4.79 Å². The molecule has 1 unspecified atom stereocenters. The van der Waals surface area contributed by atoms with Crippen LogP contribution in [-0.4, -0.2) is 29.4 Å². The number of hydrogen-bond acceptors (Lipinski definition) is 2. The van der Waals surface area contributed by atoms with E-state index in [1.165, 1.54) is 31.2 Å². The van der Waals surface area contributed by atoms with Crippen LogP contribution in [0.4, 0.5) is 0 Å². The van der Waals surface area contributed by atoms with Gasteiger partial charge < -0.3 is 5.32 Å². The summed E-state index contributed by atoms with van der Waals surface area (Å²) in [6, 6.07) is 16.1. The molecule has 28 heavy (non-hydrogen) atoms. The molecule has 1 amide bonds. The van der Waals surface area contributed by atoms with E-state index >= 15 is 0 Å². The largest absolute Gasteiger partial charge is 0.343 e. The van der Waals surface area contributed by atoms with Crippen molar-refractivity contribution in [2.45, 2.75) is 57.0 Å². The highest BCUT2D eigenvalue weighted by Crippen LogP contribution is 2.46. The Morgan fingerprint density at radius 1 is 1.00 bits per heavy atom. The minimum atomic E-state index is -0.0284. The number of rotatable bonds is 5. The predicted molar refractivity (Wildman–Crippen MR) is 115 cm³/mol. The van der Waals surface area contributed by atoms with E-state index in [9.17, 15) is 4.79 Å². The molecule has 2 aromatic rings. The van der Waals surface area contributed by atoms with E-state index in [1.54, 1.807) is 0 Å². The number of halogens is 1. The standard InChI is InChI=1S/C24H29ClN2O/c1-18-20(12-9-13-21(18)25)23(28)26-22(19-10-3-2-4-11-19)24(14-5-6-15-24)27-16-7-8-17-27/h2-4,9-13,22H,5-8,14-17H2,1H3,(H,26,28). The number of nitrogens with zero attached hydrogens (tertiary/aromatic N) is 1. The molecule has 2 aliphatic rings. The molecule has 0 bridgehead atoms. The maximum Gasteiger partial charge on any atom is 0.252 e. The molecular formula is C24H29ClN2O. The fourth-order valence-electron chi connectivity index (χ4n) is 5.17. The molecule has 4 rings (SSSR count). The van der Waals surface area contributed by atoms with E-state index < -0.39 is 0 Å². The van der Waals surface area contributed by atoms with Crippen LogP contribution in [0.5, 0.6) is 0 Å². The van der Waals surface area contributed by atoms with Crippen LogP contribution >= 0.6 is 11.6 Å². The Morgan fingerprint density at radius 3 is 2.36 bits per heavy atom. The van der Waals surface area contributed by atoms with Gasteiger partial charge in [-0.2, -0.15) is 0 Å². The quantitative estimate of drug-likeness (QED) is 0.720. The average molecular weight is 397 g/mol. The second-order valence-corrected chi connectivity index (χ2v) is 8.64. The van der Waals surface area contributed by atoms with Gasteiger partial charge in [-0.25, -0.2) is 0 Å². The van der Waals surface area contributed by atoms with Crippen molar-refractivity contribution in [1.82, 2.24) is 10.2 Å². The van der Waals surface area contributed by atoms with Crippen LogP contribution in [0.2, 0.25) is 5.02 Å². The first-order chi connectivity index (χ1) is 13.6. The van der Waals surface area contributed by atoms with Gasteiger partial charge in [0, 0.05) is 16.1 Å². The van der Waals surface area contributed by atoms with Crippen LogP contribution in [0, 0.1) is 6.92 Å². The number of nitrogens with one attached hydrogen (secondary N) is 1. The molecule has 1 N–H and O–H groups in total. The van der Waals surface area contributed by atoms with Crippen molar-refractivity contribution in [3.05, 3.63) is 70.2 Å². The van der Waals surface area contributed by atoms with Gasteiger partial charge in [-0.05, 0) is 69.0 Å². The number of carbonyl (C=O) groups is 1. The molecule has 0 aromatic heterocycles. The van der Waals surface area contributed by atoms with Crippen molar-refractivity contribution in [1.29, 1.82) is 0 Å². The zero-order valence-electron chi connectivity index (χ0n) is 16.6. The van der Waals surface area contributed by atoms with Crippen LogP contribution in [0.1, 0.15) is 66.1 Å². The maximum atomic E-state index is 13.3. The Morgan fingerprint density at radius 2 is 1.68 bits per heavy atom. The summed E-state index contributed by atoms with van der Waals surface area (Å²) >= 11 is 6.28. The van der Waals surface area contributed by atoms with Gasteiger partial charge in [0.05, 0.1) is 6.04 Å². The number of amides is 1. The second-order valence-electron chi connectivity index (χ2n) is 8.23. The van der Waals surface area contributed by atoms with E-state index in [2.05, 4.69) is 34.5 Å². The van der Waals surface area contributed by atoms with Gasteiger partial charge >= 0.3 is 0 Å². The molecule has 1 atom stereocenters. The topological polar surface area (TPSA) is 32.3 Å². The summed E-state index contributed by atoms with van der Waals surface area (Å²) in [4.78, 5) is 16.0. The summed E-state index contributed by atoms with van der Waals surface area (Å²) < 4.78 is 0. The van der Waals surface area contributed by atoms with Crippen LogP contribution in [0.25, 0.3) is 0 Å². The Hall–Kier alpha value is -1.84. The predicted octanol–water partition coefficient (Wildman–Crippen LogP) is 5.53. The van der Waals surface area contributed by atoms with Gasteiger partial charge in [-0.3, -0.25) is 9.69 Å². The number of carbonyl (C=O) groups excluding carboxylic acids is 1. The van der Waals surface area contributed by atoms with Gasteiger partial charge in [-0.1, -0.05) is 60.8 Å². The van der Waals surface area contributed by atoms with Crippen molar-refractivity contribution in [3.63, 3.8) is 0 Å². The first-order valence-electron chi connectivity index (χ1n) is 10.5. The van der Waals surface area contributed by atoms with Gasteiger partial charge in [-0.15, -0.1) is 0 Å². The van der Waals surface area contributed by atoms with Crippen molar-refractivity contribution in [2.24, 2.45) is 0 Å². The zero-order chi connectivity index (χ0) is 19.6. The van der Waals surface area contributed by atoms with E-state index in [0.717, 1.165) is 31.5 Å². The smallest absolute Gasteiger partial charge is 0.252 e. The molecule has 1 aliphatic heterocycles. The molecule has 1 saturated heterocycles. The molecule has 1 aliphatic carbocycles. The normalized spacial score (nSPS) is 20.2. The third-order valence-electron chi connectivity index (χ3n) is 6.66. The SMILES string of the molecule is Cc1c(Cl)cccc1C(=O)NC(c1ccccc1)C1(N2CCCC2)CCCC1. The molecule has 0 spiro atoms. The molecule has 1 heterocycles. The average Bonchev–Trinajstić information content (AvgIpc) is 3.41. The van der Waals surface area contributed by atoms with Crippen molar-refractivity contribution >= 4 is 17.5 Å². The van der Waals surface area contributed by atoms with Crippen molar-refractivity contribution in [3.8, 4) is 0 Å². The van der Waals surface area contributed by atoms with E-state index in [0.29, 0.717) is 10.6 Å². The van der Waals surface area contributed by atoms with Crippen molar-refractivity contribution in [2.75, 3.05) is 13.1 Å². The summed E-state index contributed by atoms with van der Waals surface area (Å²) in [5.74, 6) is -0.0284. The summed E-state index contributed by atoms with van der Waals surface area (Å²) in [6.45, 7) is 4.19. The fourth-order valence-corrected chi connectivity index (χ4v) is 5.35. The summed E-state index contributed by atoms with van der Waals surface area (Å²) in [7, 11) is 0. The Labute approximate surface area is 173 Å². The lowest BCUT2D eigenvalue weighted by atomic mass is 9.81. The molecule has 4 heteroatoms. The third kappa shape index (κ3) is 3.58. The molecule has 0 radical (unpaired) electrons. The van der Waals surface area contributed by atoms with Crippen LogP contribution < -0.4 is 5.32 Å². The molecule has 148 valence electrons.